The van der Waals surface area contributed by atoms with Crippen molar-refractivity contribution in [2.75, 3.05) is 11.9 Å². The number of benzene rings is 3. The summed E-state index contributed by atoms with van der Waals surface area (Å²) in [5.41, 5.74) is 4.21. The summed E-state index contributed by atoms with van der Waals surface area (Å²) in [5, 5.41) is 7.41. The van der Waals surface area contributed by atoms with E-state index in [1.54, 1.807) is 35.0 Å². The van der Waals surface area contributed by atoms with Gasteiger partial charge < -0.3 is 10.1 Å². The molecule has 0 aliphatic carbocycles. The van der Waals surface area contributed by atoms with Crippen LogP contribution < -0.4 is 10.1 Å². The summed E-state index contributed by atoms with van der Waals surface area (Å²) in [6.07, 6.45) is 0. The quantitative estimate of drug-likeness (QED) is 0.420. The maximum absolute atomic E-state index is 12.7. The van der Waals surface area contributed by atoms with Gasteiger partial charge in [-0.25, -0.2) is 13.1 Å². The van der Waals surface area contributed by atoms with Gasteiger partial charge in [-0.2, -0.15) is 5.10 Å². The van der Waals surface area contributed by atoms with E-state index in [1.807, 2.05) is 45.0 Å². The number of ether oxygens (including phenoxy) is 1. The molecule has 0 bridgehead atoms. The molecule has 7 nitrogen and oxygen atoms in total. The molecule has 8 heteroatoms. The zero-order chi connectivity index (χ0) is 24.3. The number of carbonyl (C=O) groups is 1. The molecule has 1 N–H and O–H groups in total. The molecule has 3 aromatic carbocycles. The molecule has 4 aromatic rings. The van der Waals surface area contributed by atoms with Crippen LogP contribution in [0.15, 0.2) is 88.7 Å². The molecule has 0 unspecified atom stereocenters. The minimum atomic E-state index is -3.60. The predicted octanol–water partition coefficient (Wildman–Crippen LogP) is 4.65. The molecule has 34 heavy (non-hydrogen) atoms. The Balaban J connectivity index is 1.41. The second-order valence-electron chi connectivity index (χ2n) is 7.92. The second-order valence-corrected chi connectivity index (χ2v) is 9.87. The minimum absolute atomic E-state index is 0.158. The number of hydrogen-bond acceptors (Lipinski definition) is 5. The Morgan fingerprint density at radius 3 is 2.15 bits per heavy atom. The van der Waals surface area contributed by atoms with Crippen LogP contribution in [0.25, 0.3) is 5.69 Å². The Labute approximate surface area is 198 Å². The fourth-order valence-electron chi connectivity index (χ4n) is 3.54. The number of carbonyl (C=O) groups excluding carboxylic acids is 1. The SMILES string of the molecule is Cc1ccc(-n2nc(C)c(NC(=O)COc3ccc(S(=O)(=O)c4ccccc4)cc3)c2C)cc1. The highest BCUT2D eigenvalue weighted by Gasteiger charge is 2.18. The summed E-state index contributed by atoms with van der Waals surface area (Å²) in [6, 6.07) is 22.2. The van der Waals surface area contributed by atoms with Gasteiger partial charge in [-0.1, -0.05) is 35.9 Å². The standard InChI is InChI=1S/C26H25N3O4S/c1-18-9-11-21(12-10-18)29-20(3)26(19(2)28-29)27-25(30)17-33-22-13-15-24(16-14-22)34(31,32)23-7-5-4-6-8-23/h4-16H,17H2,1-3H3,(H,27,30). The molecule has 0 radical (unpaired) electrons. The zero-order valence-corrected chi connectivity index (χ0v) is 20.0. The van der Waals surface area contributed by atoms with E-state index in [2.05, 4.69) is 10.4 Å². The molecule has 0 aliphatic rings. The molecule has 0 atom stereocenters. The van der Waals surface area contributed by atoms with Gasteiger partial charge in [0.15, 0.2) is 6.61 Å². The maximum atomic E-state index is 12.7. The number of aryl methyl sites for hydroxylation is 2. The molecule has 1 amide bonds. The van der Waals surface area contributed by atoms with Crippen molar-refractivity contribution in [3.8, 4) is 11.4 Å². The first kappa shape index (κ1) is 23.3. The van der Waals surface area contributed by atoms with Crippen LogP contribution >= 0.6 is 0 Å². The van der Waals surface area contributed by atoms with Gasteiger partial charge in [0.25, 0.3) is 5.91 Å². The van der Waals surface area contributed by atoms with E-state index in [0.717, 1.165) is 16.9 Å². The molecule has 174 valence electrons. The van der Waals surface area contributed by atoms with Gasteiger partial charge in [-0.3, -0.25) is 4.79 Å². The Morgan fingerprint density at radius 2 is 1.50 bits per heavy atom. The van der Waals surface area contributed by atoms with E-state index in [9.17, 15) is 13.2 Å². The highest BCUT2D eigenvalue weighted by Crippen LogP contribution is 2.24. The van der Waals surface area contributed by atoms with Crippen LogP contribution in [0.1, 0.15) is 17.0 Å². The number of rotatable bonds is 7. The van der Waals surface area contributed by atoms with E-state index in [0.29, 0.717) is 17.1 Å². The number of anilines is 1. The fraction of sp³-hybridized carbons (Fsp3) is 0.154. The lowest BCUT2D eigenvalue weighted by atomic mass is 10.2. The van der Waals surface area contributed by atoms with Gasteiger partial charge >= 0.3 is 0 Å². The first-order valence-electron chi connectivity index (χ1n) is 10.7. The van der Waals surface area contributed by atoms with Crippen molar-refractivity contribution in [1.82, 2.24) is 9.78 Å². The van der Waals surface area contributed by atoms with Gasteiger partial charge in [-0.15, -0.1) is 0 Å². The van der Waals surface area contributed by atoms with Crippen molar-refractivity contribution in [2.45, 2.75) is 30.6 Å². The average Bonchev–Trinajstić information content (AvgIpc) is 3.12. The number of aromatic nitrogens is 2. The smallest absolute Gasteiger partial charge is 0.262 e. The number of nitrogens with zero attached hydrogens (tertiary/aromatic N) is 2. The lowest BCUT2D eigenvalue weighted by Gasteiger charge is -2.10. The summed E-state index contributed by atoms with van der Waals surface area (Å²) in [5.74, 6) is 0.0570. The van der Waals surface area contributed by atoms with Crippen molar-refractivity contribution >= 4 is 21.4 Å². The van der Waals surface area contributed by atoms with Crippen LogP contribution in [0, 0.1) is 20.8 Å². The van der Waals surface area contributed by atoms with Crippen molar-refractivity contribution in [1.29, 1.82) is 0 Å². The summed E-state index contributed by atoms with van der Waals surface area (Å²) < 4.78 is 32.7. The Bertz CT molecular complexity index is 1410. The number of hydrogen-bond donors (Lipinski definition) is 1. The third-order valence-electron chi connectivity index (χ3n) is 5.39. The van der Waals surface area contributed by atoms with Crippen LogP contribution in [0.3, 0.4) is 0 Å². The van der Waals surface area contributed by atoms with Gasteiger partial charge in [0, 0.05) is 0 Å². The topological polar surface area (TPSA) is 90.3 Å². The van der Waals surface area contributed by atoms with Crippen molar-refractivity contribution in [3.63, 3.8) is 0 Å². The van der Waals surface area contributed by atoms with Crippen LogP contribution in [0.4, 0.5) is 5.69 Å². The monoisotopic (exact) mass is 475 g/mol. The van der Waals surface area contributed by atoms with Crippen LogP contribution in [-0.2, 0) is 14.6 Å². The van der Waals surface area contributed by atoms with Crippen LogP contribution in [0.5, 0.6) is 5.75 Å². The van der Waals surface area contributed by atoms with Crippen molar-refractivity contribution < 1.29 is 17.9 Å². The third-order valence-corrected chi connectivity index (χ3v) is 7.18. The fourth-order valence-corrected chi connectivity index (χ4v) is 4.82. The molecule has 0 spiro atoms. The number of sulfone groups is 1. The van der Waals surface area contributed by atoms with Crippen molar-refractivity contribution in [2.24, 2.45) is 0 Å². The van der Waals surface area contributed by atoms with Gasteiger partial charge in [0.1, 0.15) is 5.75 Å². The first-order chi connectivity index (χ1) is 16.3. The van der Waals surface area contributed by atoms with E-state index < -0.39 is 9.84 Å². The molecule has 1 heterocycles. The Kier molecular flexibility index (Phi) is 6.51. The lowest BCUT2D eigenvalue weighted by molar-refractivity contribution is -0.118. The Hall–Kier alpha value is -3.91. The maximum Gasteiger partial charge on any atom is 0.262 e. The van der Waals surface area contributed by atoms with Gasteiger partial charge in [0.2, 0.25) is 9.84 Å². The summed E-state index contributed by atoms with van der Waals surface area (Å²) >= 11 is 0. The normalized spacial score (nSPS) is 11.3. The summed E-state index contributed by atoms with van der Waals surface area (Å²) in [7, 11) is -3.60. The molecule has 0 aliphatic heterocycles. The first-order valence-corrected chi connectivity index (χ1v) is 12.2. The zero-order valence-electron chi connectivity index (χ0n) is 19.1. The second kappa shape index (κ2) is 9.52. The highest BCUT2D eigenvalue weighted by atomic mass is 32.2. The van der Waals surface area contributed by atoms with Gasteiger partial charge in [0.05, 0.1) is 32.6 Å². The molecule has 4 rings (SSSR count). The van der Waals surface area contributed by atoms with E-state index in [4.69, 9.17) is 4.74 Å². The molecule has 0 saturated heterocycles. The van der Waals surface area contributed by atoms with E-state index in [-0.39, 0.29) is 22.3 Å². The van der Waals surface area contributed by atoms with Gasteiger partial charge in [-0.05, 0) is 69.3 Å². The van der Waals surface area contributed by atoms with E-state index >= 15 is 0 Å². The minimum Gasteiger partial charge on any atom is -0.484 e. The molecule has 1 aromatic heterocycles. The average molecular weight is 476 g/mol. The Morgan fingerprint density at radius 1 is 0.882 bits per heavy atom. The third kappa shape index (κ3) is 4.87. The van der Waals surface area contributed by atoms with Crippen LogP contribution in [0.2, 0.25) is 0 Å². The predicted molar refractivity (Wildman–Crippen MR) is 130 cm³/mol. The number of amides is 1. The molecular weight excluding hydrogens is 450 g/mol. The molecule has 0 fully saturated rings. The molecule has 0 saturated carbocycles. The number of nitrogens with one attached hydrogen (secondary N) is 1. The van der Waals surface area contributed by atoms with E-state index in [1.165, 1.54) is 24.3 Å². The summed E-state index contributed by atoms with van der Waals surface area (Å²) in [6.45, 7) is 5.52. The highest BCUT2D eigenvalue weighted by molar-refractivity contribution is 7.91. The van der Waals surface area contributed by atoms with Crippen LogP contribution in [-0.4, -0.2) is 30.7 Å². The lowest BCUT2D eigenvalue weighted by Crippen LogP contribution is -2.21. The largest absolute Gasteiger partial charge is 0.484 e. The summed E-state index contributed by atoms with van der Waals surface area (Å²) in [4.78, 5) is 12.9. The molecular formula is C26H25N3O4S. The van der Waals surface area contributed by atoms with Crippen molar-refractivity contribution in [3.05, 3.63) is 95.8 Å².